The van der Waals surface area contributed by atoms with Gasteiger partial charge in [-0.25, -0.2) is 8.78 Å². The Bertz CT molecular complexity index is 504. The van der Waals surface area contributed by atoms with Crippen molar-refractivity contribution in [2.45, 2.75) is 25.4 Å². The highest BCUT2D eigenvalue weighted by Crippen LogP contribution is 2.19. The number of carbonyl (C=O) groups excluding carboxylic acids is 1. The number of likely N-dealkylation sites (N-methyl/N-ethyl adjacent to an activating group) is 1. The first-order valence-corrected chi connectivity index (χ1v) is 7.01. The zero-order chi connectivity index (χ0) is 15.4. The molecule has 1 aromatic carbocycles. The van der Waals surface area contributed by atoms with Crippen LogP contribution < -0.4 is 5.73 Å². The lowest BCUT2D eigenvalue weighted by Crippen LogP contribution is -2.47. The van der Waals surface area contributed by atoms with Crippen molar-refractivity contribution in [1.82, 2.24) is 4.90 Å². The van der Waals surface area contributed by atoms with Crippen LogP contribution in [-0.2, 0) is 16.1 Å². The number of benzene rings is 1. The maximum Gasteiger partial charge on any atom is 0.239 e. The van der Waals surface area contributed by atoms with Gasteiger partial charge < -0.3 is 15.4 Å². The fraction of sp³-hybridized carbons (Fsp3) is 0.533. The van der Waals surface area contributed by atoms with Gasteiger partial charge in [-0.1, -0.05) is 6.07 Å². The van der Waals surface area contributed by atoms with Crippen LogP contribution in [0.5, 0.6) is 0 Å². The van der Waals surface area contributed by atoms with Crippen molar-refractivity contribution in [2.24, 2.45) is 11.7 Å². The van der Waals surface area contributed by atoms with Gasteiger partial charge in [0, 0.05) is 38.4 Å². The molecule has 0 aliphatic carbocycles. The molecule has 6 heteroatoms. The van der Waals surface area contributed by atoms with E-state index in [0.29, 0.717) is 13.2 Å². The molecule has 0 spiro atoms. The fourth-order valence-electron chi connectivity index (χ4n) is 2.51. The van der Waals surface area contributed by atoms with Gasteiger partial charge in [-0.15, -0.1) is 0 Å². The fourth-order valence-corrected chi connectivity index (χ4v) is 2.51. The van der Waals surface area contributed by atoms with Crippen molar-refractivity contribution in [3.63, 3.8) is 0 Å². The van der Waals surface area contributed by atoms with Crippen molar-refractivity contribution in [1.29, 1.82) is 0 Å². The minimum absolute atomic E-state index is 0.0713. The molecule has 1 aromatic rings. The number of halogens is 2. The first-order chi connectivity index (χ1) is 9.99. The molecule has 1 fully saturated rings. The predicted octanol–water partition coefficient (Wildman–Crippen LogP) is 1.68. The van der Waals surface area contributed by atoms with Crippen molar-refractivity contribution < 1.29 is 18.3 Å². The van der Waals surface area contributed by atoms with Gasteiger partial charge in [0.25, 0.3) is 0 Å². The van der Waals surface area contributed by atoms with Gasteiger partial charge in [0.05, 0.1) is 6.04 Å². The van der Waals surface area contributed by atoms with E-state index in [1.54, 1.807) is 7.05 Å². The predicted molar refractivity (Wildman–Crippen MR) is 74.4 cm³/mol. The lowest BCUT2D eigenvalue weighted by atomic mass is 9.91. The first kappa shape index (κ1) is 15.9. The Morgan fingerprint density at radius 1 is 1.43 bits per heavy atom. The zero-order valence-corrected chi connectivity index (χ0v) is 12.0. The van der Waals surface area contributed by atoms with Gasteiger partial charge in [0.2, 0.25) is 5.91 Å². The maximum atomic E-state index is 13.6. The molecule has 1 saturated heterocycles. The summed E-state index contributed by atoms with van der Waals surface area (Å²) in [5.41, 5.74) is 6.28. The Balaban J connectivity index is 1.98. The average Bonchev–Trinajstić information content (AvgIpc) is 2.49. The molecule has 0 aromatic heterocycles. The van der Waals surface area contributed by atoms with Crippen molar-refractivity contribution in [3.05, 3.63) is 35.4 Å². The van der Waals surface area contributed by atoms with Gasteiger partial charge in [-0.3, -0.25) is 4.79 Å². The molecule has 116 valence electrons. The Morgan fingerprint density at radius 3 is 2.71 bits per heavy atom. The molecule has 0 bridgehead atoms. The molecule has 1 heterocycles. The summed E-state index contributed by atoms with van der Waals surface area (Å²) in [6, 6.07) is 2.72. The van der Waals surface area contributed by atoms with E-state index in [-0.39, 0.29) is 23.9 Å². The van der Waals surface area contributed by atoms with Gasteiger partial charge in [-0.2, -0.15) is 0 Å². The Hall–Kier alpha value is -1.53. The summed E-state index contributed by atoms with van der Waals surface area (Å²) in [6.45, 7) is 1.30. The van der Waals surface area contributed by atoms with Crippen LogP contribution in [0.2, 0.25) is 0 Å². The second-order valence-electron chi connectivity index (χ2n) is 5.41. The summed E-state index contributed by atoms with van der Waals surface area (Å²) < 4.78 is 31.7. The topological polar surface area (TPSA) is 55.6 Å². The largest absolute Gasteiger partial charge is 0.381 e. The molecule has 0 saturated carbocycles. The number of nitrogens with two attached hydrogens (primary N) is 1. The third kappa shape index (κ3) is 3.98. The van der Waals surface area contributed by atoms with Crippen LogP contribution in [0.15, 0.2) is 18.2 Å². The maximum absolute atomic E-state index is 13.6. The Morgan fingerprint density at radius 2 is 2.10 bits per heavy atom. The van der Waals surface area contributed by atoms with Crippen LogP contribution in [0, 0.1) is 17.6 Å². The highest BCUT2D eigenvalue weighted by atomic mass is 19.1. The van der Waals surface area contributed by atoms with Gasteiger partial charge in [0.15, 0.2) is 0 Å². The normalized spacial score (nSPS) is 17.5. The summed E-state index contributed by atoms with van der Waals surface area (Å²) in [5, 5.41) is 0. The molecular formula is C15H20F2N2O2. The molecule has 1 unspecified atom stereocenters. The van der Waals surface area contributed by atoms with Crippen molar-refractivity contribution in [3.8, 4) is 0 Å². The first-order valence-electron chi connectivity index (χ1n) is 7.01. The van der Waals surface area contributed by atoms with Crippen LogP contribution in [0.3, 0.4) is 0 Å². The van der Waals surface area contributed by atoms with Gasteiger partial charge in [0.1, 0.15) is 11.6 Å². The number of ether oxygens (including phenoxy) is 1. The van der Waals surface area contributed by atoms with Crippen LogP contribution in [0.1, 0.15) is 18.4 Å². The monoisotopic (exact) mass is 298 g/mol. The van der Waals surface area contributed by atoms with Crippen molar-refractivity contribution >= 4 is 5.91 Å². The minimum Gasteiger partial charge on any atom is -0.381 e. The van der Waals surface area contributed by atoms with E-state index in [2.05, 4.69) is 0 Å². The number of amides is 1. The molecule has 21 heavy (non-hydrogen) atoms. The highest BCUT2D eigenvalue weighted by molar-refractivity contribution is 5.81. The third-order valence-electron chi connectivity index (χ3n) is 3.86. The molecule has 1 aliphatic rings. The molecule has 1 aliphatic heterocycles. The van der Waals surface area contributed by atoms with Crippen LogP contribution >= 0.6 is 0 Å². The van der Waals surface area contributed by atoms with Crippen LogP contribution in [0.25, 0.3) is 0 Å². The molecular weight excluding hydrogens is 278 g/mol. The van der Waals surface area contributed by atoms with Gasteiger partial charge >= 0.3 is 0 Å². The van der Waals surface area contributed by atoms with E-state index in [1.807, 2.05) is 0 Å². The Labute approximate surface area is 122 Å². The van der Waals surface area contributed by atoms with Gasteiger partial charge in [-0.05, 0) is 24.8 Å². The molecule has 2 N–H and O–H groups in total. The summed E-state index contributed by atoms with van der Waals surface area (Å²) >= 11 is 0. The van der Waals surface area contributed by atoms with E-state index in [0.717, 1.165) is 18.9 Å². The lowest BCUT2D eigenvalue weighted by Gasteiger charge is -2.29. The van der Waals surface area contributed by atoms with E-state index < -0.39 is 17.7 Å². The average molecular weight is 298 g/mol. The Kier molecular flexibility index (Phi) is 5.25. The van der Waals surface area contributed by atoms with E-state index in [9.17, 15) is 13.6 Å². The highest BCUT2D eigenvalue weighted by Gasteiger charge is 2.28. The second kappa shape index (κ2) is 6.95. The lowest BCUT2D eigenvalue weighted by molar-refractivity contribution is -0.133. The second-order valence-corrected chi connectivity index (χ2v) is 5.41. The standard InChI is InChI=1S/C15H20F2N2O2/c1-19(9-11-2-3-12(16)8-13(11)17)15(20)14(18)10-4-6-21-7-5-10/h2-3,8,10,14H,4-7,9,18H2,1H3. The van der Waals surface area contributed by atoms with Crippen LogP contribution in [-0.4, -0.2) is 37.1 Å². The molecule has 2 rings (SSSR count). The smallest absolute Gasteiger partial charge is 0.239 e. The number of hydrogen-bond donors (Lipinski definition) is 1. The van der Waals surface area contributed by atoms with Crippen LogP contribution in [0.4, 0.5) is 8.78 Å². The summed E-state index contributed by atoms with van der Waals surface area (Å²) in [4.78, 5) is 13.7. The van der Waals surface area contributed by atoms with E-state index in [1.165, 1.54) is 17.0 Å². The number of nitrogens with zero attached hydrogens (tertiary/aromatic N) is 1. The van der Waals surface area contributed by atoms with Crippen molar-refractivity contribution in [2.75, 3.05) is 20.3 Å². The van der Waals surface area contributed by atoms with E-state index in [4.69, 9.17) is 10.5 Å². The SMILES string of the molecule is CN(Cc1ccc(F)cc1F)C(=O)C(N)C1CCOCC1. The number of carbonyl (C=O) groups is 1. The third-order valence-corrected chi connectivity index (χ3v) is 3.86. The quantitative estimate of drug-likeness (QED) is 0.920. The molecule has 1 amide bonds. The zero-order valence-electron chi connectivity index (χ0n) is 12.0. The molecule has 4 nitrogen and oxygen atoms in total. The summed E-state index contributed by atoms with van der Waals surface area (Å²) in [6.07, 6.45) is 1.51. The number of rotatable bonds is 4. The molecule has 0 radical (unpaired) electrons. The van der Waals surface area contributed by atoms with E-state index >= 15 is 0 Å². The molecule has 1 atom stereocenters. The minimum atomic E-state index is -0.658. The summed E-state index contributed by atoms with van der Waals surface area (Å²) in [7, 11) is 1.57. The summed E-state index contributed by atoms with van der Waals surface area (Å²) in [5.74, 6) is -1.43. The number of hydrogen-bond acceptors (Lipinski definition) is 3.